The van der Waals surface area contributed by atoms with Crippen LogP contribution >= 0.6 is 0 Å². The first-order valence-corrected chi connectivity index (χ1v) is 9.31. The third-order valence-electron chi connectivity index (χ3n) is 5.27. The summed E-state index contributed by atoms with van der Waals surface area (Å²) in [5, 5.41) is 0. The molecule has 2 aromatic rings. The highest BCUT2D eigenvalue weighted by Gasteiger charge is 2.41. The second-order valence-electron chi connectivity index (χ2n) is 7.25. The number of ether oxygens (including phenoxy) is 1. The van der Waals surface area contributed by atoms with Gasteiger partial charge in [0, 0.05) is 44.3 Å². The maximum Gasteiger partial charge on any atom is 0.272 e. The monoisotopic (exact) mass is 368 g/mol. The highest BCUT2D eigenvalue weighted by molar-refractivity contribution is 5.92. The number of anilines is 1. The molecule has 1 amide bonds. The lowest BCUT2D eigenvalue weighted by atomic mass is 9.89. The molecule has 0 unspecified atom stereocenters. The molecule has 0 aliphatic carbocycles. The van der Waals surface area contributed by atoms with E-state index in [9.17, 15) is 4.79 Å². The van der Waals surface area contributed by atoms with E-state index in [1.807, 2.05) is 18.7 Å². The summed E-state index contributed by atoms with van der Waals surface area (Å²) < 4.78 is 6.18. The van der Waals surface area contributed by atoms with Crippen molar-refractivity contribution in [3.8, 4) is 0 Å². The zero-order valence-corrected chi connectivity index (χ0v) is 15.8. The number of aromatic nitrogens is 4. The van der Waals surface area contributed by atoms with E-state index < -0.39 is 0 Å². The van der Waals surface area contributed by atoms with Gasteiger partial charge in [-0.05, 0) is 32.8 Å². The van der Waals surface area contributed by atoms with Crippen molar-refractivity contribution in [2.45, 2.75) is 32.3 Å². The molecule has 2 aliphatic heterocycles. The van der Waals surface area contributed by atoms with E-state index in [-0.39, 0.29) is 11.5 Å². The number of hydrogen-bond acceptors (Lipinski definition) is 7. The number of hydrogen-bond donors (Lipinski definition) is 0. The number of aryl methyl sites for hydroxylation is 2. The van der Waals surface area contributed by atoms with Gasteiger partial charge in [-0.25, -0.2) is 15.0 Å². The van der Waals surface area contributed by atoms with Gasteiger partial charge in [-0.2, -0.15) is 0 Å². The summed E-state index contributed by atoms with van der Waals surface area (Å²) in [6.07, 6.45) is 6.79. The van der Waals surface area contributed by atoms with Gasteiger partial charge < -0.3 is 14.5 Å². The predicted molar refractivity (Wildman–Crippen MR) is 99.6 cm³/mol. The van der Waals surface area contributed by atoms with Crippen LogP contribution in [0.4, 0.5) is 5.82 Å². The van der Waals surface area contributed by atoms with Crippen molar-refractivity contribution < 1.29 is 9.53 Å². The maximum absolute atomic E-state index is 12.8. The number of rotatable bonds is 2. The van der Waals surface area contributed by atoms with Crippen LogP contribution in [0.15, 0.2) is 24.7 Å². The van der Waals surface area contributed by atoms with Crippen LogP contribution in [0.2, 0.25) is 0 Å². The lowest BCUT2D eigenvalue weighted by Gasteiger charge is -2.47. The van der Waals surface area contributed by atoms with E-state index in [2.05, 4.69) is 24.8 Å². The van der Waals surface area contributed by atoms with Gasteiger partial charge in [0.05, 0.1) is 18.4 Å². The summed E-state index contributed by atoms with van der Waals surface area (Å²) in [5.74, 6) is 1.48. The highest BCUT2D eigenvalue weighted by atomic mass is 16.5. The highest BCUT2D eigenvalue weighted by Crippen LogP contribution is 2.32. The third-order valence-corrected chi connectivity index (χ3v) is 5.27. The van der Waals surface area contributed by atoms with Gasteiger partial charge in [0.15, 0.2) is 0 Å². The molecule has 1 spiro atoms. The first kappa shape index (κ1) is 17.8. The number of nitrogens with zero attached hydrogens (tertiary/aromatic N) is 6. The summed E-state index contributed by atoms with van der Waals surface area (Å²) in [6.45, 7) is 7.26. The molecule has 2 saturated heterocycles. The average molecular weight is 368 g/mol. The molecule has 4 rings (SSSR count). The molecule has 0 radical (unpaired) electrons. The molecule has 8 nitrogen and oxygen atoms in total. The molecule has 0 atom stereocenters. The van der Waals surface area contributed by atoms with E-state index in [0.717, 1.165) is 37.4 Å². The Labute approximate surface area is 158 Å². The van der Waals surface area contributed by atoms with Crippen LogP contribution in [0, 0.1) is 13.8 Å². The number of carbonyl (C=O) groups excluding carboxylic acids is 1. The van der Waals surface area contributed by atoms with Crippen molar-refractivity contribution in [2.75, 3.05) is 37.7 Å². The Kier molecular flexibility index (Phi) is 4.73. The van der Waals surface area contributed by atoms with Gasteiger partial charge in [-0.15, -0.1) is 0 Å². The molecule has 0 saturated carbocycles. The molecule has 2 aromatic heterocycles. The summed E-state index contributed by atoms with van der Waals surface area (Å²) in [5.41, 5.74) is 1.06. The van der Waals surface area contributed by atoms with Crippen molar-refractivity contribution in [2.24, 2.45) is 0 Å². The molecule has 27 heavy (non-hydrogen) atoms. The van der Waals surface area contributed by atoms with E-state index in [4.69, 9.17) is 4.74 Å². The van der Waals surface area contributed by atoms with Crippen LogP contribution in [0.1, 0.15) is 34.8 Å². The Bertz CT molecular complexity index is 800. The SMILES string of the molecule is Cc1cc(C(=O)N2CCC3(CC2)CN(c2cnccn2)CCO3)nc(C)n1. The van der Waals surface area contributed by atoms with Crippen LogP contribution in [0.5, 0.6) is 0 Å². The first-order valence-electron chi connectivity index (χ1n) is 9.31. The molecule has 8 heteroatoms. The fourth-order valence-corrected chi connectivity index (χ4v) is 3.90. The topological polar surface area (TPSA) is 84.3 Å². The van der Waals surface area contributed by atoms with E-state index in [0.29, 0.717) is 31.2 Å². The van der Waals surface area contributed by atoms with Crippen LogP contribution < -0.4 is 4.90 Å². The lowest BCUT2D eigenvalue weighted by molar-refractivity contribution is -0.0870. The fraction of sp³-hybridized carbons (Fsp3) is 0.526. The van der Waals surface area contributed by atoms with Crippen LogP contribution in [-0.4, -0.2) is 69.1 Å². The smallest absolute Gasteiger partial charge is 0.272 e. The van der Waals surface area contributed by atoms with E-state index in [1.165, 1.54) is 0 Å². The fourth-order valence-electron chi connectivity index (χ4n) is 3.90. The predicted octanol–water partition coefficient (Wildman–Crippen LogP) is 1.40. The van der Waals surface area contributed by atoms with Crippen LogP contribution in [0.3, 0.4) is 0 Å². The van der Waals surface area contributed by atoms with Gasteiger partial charge in [0.1, 0.15) is 17.3 Å². The minimum absolute atomic E-state index is 0.0277. The van der Waals surface area contributed by atoms with Crippen LogP contribution in [0.25, 0.3) is 0 Å². The summed E-state index contributed by atoms with van der Waals surface area (Å²) in [4.78, 5) is 34.1. The maximum atomic E-state index is 12.8. The number of morpholine rings is 1. The Balaban J connectivity index is 1.42. The molecule has 0 aromatic carbocycles. The van der Waals surface area contributed by atoms with Crippen LogP contribution in [-0.2, 0) is 4.74 Å². The molecule has 142 valence electrons. The minimum Gasteiger partial charge on any atom is -0.371 e. The zero-order valence-electron chi connectivity index (χ0n) is 15.8. The second kappa shape index (κ2) is 7.19. The third kappa shape index (κ3) is 3.75. The number of amides is 1. The molecular formula is C19H24N6O2. The molecule has 0 N–H and O–H groups in total. The Morgan fingerprint density at radius 3 is 2.67 bits per heavy atom. The molecular weight excluding hydrogens is 344 g/mol. The van der Waals surface area contributed by atoms with E-state index >= 15 is 0 Å². The molecule has 0 bridgehead atoms. The second-order valence-corrected chi connectivity index (χ2v) is 7.25. The largest absolute Gasteiger partial charge is 0.371 e. The summed E-state index contributed by atoms with van der Waals surface area (Å²) in [6, 6.07) is 1.76. The van der Waals surface area contributed by atoms with Crippen molar-refractivity contribution >= 4 is 11.7 Å². The van der Waals surface area contributed by atoms with Crippen molar-refractivity contribution in [3.63, 3.8) is 0 Å². The van der Waals surface area contributed by atoms with Gasteiger partial charge in [-0.3, -0.25) is 9.78 Å². The number of likely N-dealkylation sites (tertiary alicyclic amines) is 1. The minimum atomic E-state index is -0.232. The summed E-state index contributed by atoms with van der Waals surface area (Å²) in [7, 11) is 0. The quantitative estimate of drug-likeness (QED) is 0.792. The molecule has 2 fully saturated rings. The van der Waals surface area contributed by atoms with Gasteiger partial charge in [0.25, 0.3) is 5.91 Å². The number of carbonyl (C=O) groups is 1. The van der Waals surface area contributed by atoms with Gasteiger partial charge in [0.2, 0.25) is 0 Å². The molecule has 2 aliphatic rings. The van der Waals surface area contributed by atoms with Crippen molar-refractivity contribution in [3.05, 3.63) is 41.9 Å². The normalized spacial score (nSPS) is 19.3. The van der Waals surface area contributed by atoms with Crippen molar-refractivity contribution in [1.82, 2.24) is 24.8 Å². The number of piperidine rings is 1. The van der Waals surface area contributed by atoms with Gasteiger partial charge >= 0.3 is 0 Å². The first-order chi connectivity index (χ1) is 13.0. The zero-order chi connectivity index (χ0) is 18.9. The standard InChI is InChI=1S/C19H24N6O2/c1-14-11-16(23-15(2)22-14)18(26)24-7-3-19(4-8-24)13-25(9-10-27-19)17-12-20-5-6-21-17/h5-6,11-12H,3-4,7-10,13H2,1-2H3. The summed E-state index contributed by atoms with van der Waals surface area (Å²) >= 11 is 0. The van der Waals surface area contributed by atoms with E-state index in [1.54, 1.807) is 24.7 Å². The lowest BCUT2D eigenvalue weighted by Crippen LogP contribution is -2.57. The van der Waals surface area contributed by atoms with Crippen molar-refractivity contribution in [1.29, 1.82) is 0 Å². The Morgan fingerprint density at radius 1 is 1.15 bits per heavy atom. The Morgan fingerprint density at radius 2 is 1.96 bits per heavy atom. The molecule has 4 heterocycles. The Hall–Kier alpha value is -2.61. The van der Waals surface area contributed by atoms with Gasteiger partial charge in [-0.1, -0.05) is 0 Å². The average Bonchev–Trinajstić information content (AvgIpc) is 2.68.